The molecule has 1 saturated heterocycles. The van der Waals surface area contributed by atoms with Crippen molar-refractivity contribution in [3.05, 3.63) is 82.1 Å². The molecule has 0 bridgehead atoms. The third-order valence-electron chi connectivity index (χ3n) is 6.08. The maximum Gasteiger partial charge on any atom is 0.276 e. The van der Waals surface area contributed by atoms with Crippen LogP contribution in [0.3, 0.4) is 0 Å². The van der Waals surface area contributed by atoms with Crippen molar-refractivity contribution in [1.29, 1.82) is 0 Å². The number of imidazole rings is 1. The van der Waals surface area contributed by atoms with Gasteiger partial charge in [0.25, 0.3) is 11.8 Å². The van der Waals surface area contributed by atoms with Gasteiger partial charge in [-0.15, -0.1) is 0 Å². The summed E-state index contributed by atoms with van der Waals surface area (Å²) in [5.74, 6) is -1.79. The van der Waals surface area contributed by atoms with Crippen LogP contribution in [0.25, 0.3) is 0 Å². The van der Waals surface area contributed by atoms with Crippen molar-refractivity contribution in [3.8, 4) is 0 Å². The predicted octanol–water partition coefficient (Wildman–Crippen LogP) is 3.07. The van der Waals surface area contributed by atoms with Crippen LogP contribution in [-0.2, 0) is 6.42 Å². The maximum absolute atomic E-state index is 13.2. The number of aromatic amines is 1. The predicted molar refractivity (Wildman–Crippen MR) is 136 cm³/mol. The Hall–Kier alpha value is -3.60. The second-order valence-electron chi connectivity index (χ2n) is 8.85. The van der Waals surface area contributed by atoms with Gasteiger partial charge in [-0.3, -0.25) is 19.3 Å². The number of Topliss-reactive ketones (excluding diaryl/α,β-unsaturated/α-hetero) is 1. The number of H-pyrrole nitrogens is 1. The quantitative estimate of drug-likeness (QED) is 0.317. The molecule has 2 heterocycles. The molecule has 194 valence electrons. The summed E-state index contributed by atoms with van der Waals surface area (Å²) in [6, 6.07) is 10.3. The Morgan fingerprint density at radius 2 is 1.95 bits per heavy atom. The number of benzene rings is 2. The number of aliphatic hydroxyl groups excluding tert-OH is 1. The highest BCUT2D eigenvalue weighted by atomic mass is 35.5. The van der Waals surface area contributed by atoms with Crippen LogP contribution in [0.5, 0.6) is 0 Å². The van der Waals surface area contributed by atoms with E-state index in [1.54, 1.807) is 24.3 Å². The van der Waals surface area contributed by atoms with E-state index in [4.69, 9.17) is 11.6 Å². The molecule has 4 N–H and O–H groups in total. The van der Waals surface area contributed by atoms with E-state index in [0.29, 0.717) is 30.9 Å². The number of nitrogens with one attached hydrogen (secondary N) is 3. The van der Waals surface area contributed by atoms with E-state index in [2.05, 4.69) is 25.5 Å². The standard InChI is InChI=1S/C26H27ClFN5O4/c27-21-13-17(28)5-8-20(21)22(35)12-16-3-6-18(7-4-16)32-26(37)24-23(30-15-31-24)25(36)29-9-11-33-10-1-2-19(34)14-33/h3-8,13,15,19,34H,1-2,9-12,14H2,(H,29,36)(H,30,31)(H,32,37)/t19-/m1/s1. The highest BCUT2D eigenvalue weighted by Gasteiger charge is 2.22. The van der Waals surface area contributed by atoms with Crippen LogP contribution in [0.4, 0.5) is 10.1 Å². The third-order valence-corrected chi connectivity index (χ3v) is 6.40. The lowest BCUT2D eigenvalue weighted by molar-refractivity contribution is 0.0702. The molecule has 1 atom stereocenters. The zero-order valence-electron chi connectivity index (χ0n) is 20.0. The molecule has 11 heteroatoms. The lowest BCUT2D eigenvalue weighted by Crippen LogP contribution is -2.42. The zero-order valence-corrected chi connectivity index (χ0v) is 20.7. The van der Waals surface area contributed by atoms with Crippen LogP contribution >= 0.6 is 11.6 Å². The van der Waals surface area contributed by atoms with Crippen molar-refractivity contribution < 1.29 is 23.9 Å². The van der Waals surface area contributed by atoms with Crippen molar-refractivity contribution in [1.82, 2.24) is 20.2 Å². The summed E-state index contributed by atoms with van der Waals surface area (Å²) in [4.78, 5) is 46.7. The SMILES string of the molecule is O=C(Cc1ccc(NC(=O)c2nc[nH]c2C(=O)NCCN2CCC[C@@H](O)C2)cc1)c1ccc(F)cc1Cl. The molecule has 1 aliphatic rings. The number of halogens is 2. The van der Waals surface area contributed by atoms with Crippen LogP contribution in [-0.4, -0.2) is 69.9 Å². The van der Waals surface area contributed by atoms with Crippen LogP contribution in [0, 0.1) is 5.82 Å². The van der Waals surface area contributed by atoms with Crippen LogP contribution in [0.15, 0.2) is 48.8 Å². The van der Waals surface area contributed by atoms with E-state index in [1.165, 1.54) is 18.5 Å². The number of aliphatic hydroxyl groups is 1. The Morgan fingerprint density at radius 3 is 2.68 bits per heavy atom. The number of ketones is 1. The number of hydrogen-bond donors (Lipinski definition) is 4. The number of likely N-dealkylation sites (tertiary alicyclic amines) is 1. The second-order valence-corrected chi connectivity index (χ2v) is 9.26. The van der Waals surface area contributed by atoms with Crippen LogP contribution in [0.1, 0.15) is 49.7 Å². The zero-order chi connectivity index (χ0) is 26.4. The van der Waals surface area contributed by atoms with Gasteiger partial charge in [-0.05, 0) is 55.3 Å². The van der Waals surface area contributed by atoms with Crippen LogP contribution < -0.4 is 10.6 Å². The first-order chi connectivity index (χ1) is 17.8. The molecule has 4 rings (SSSR count). The topological polar surface area (TPSA) is 127 Å². The van der Waals surface area contributed by atoms with Gasteiger partial charge in [0.05, 0.1) is 17.5 Å². The average molecular weight is 528 g/mol. The molecule has 0 aliphatic carbocycles. The van der Waals surface area contributed by atoms with E-state index < -0.39 is 17.6 Å². The number of nitrogens with zero attached hydrogens (tertiary/aromatic N) is 2. The molecule has 1 aliphatic heterocycles. The molecular weight excluding hydrogens is 501 g/mol. The fourth-order valence-electron chi connectivity index (χ4n) is 4.18. The van der Waals surface area contributed by atoms with E-state index in [9.17, 15) is 23.9 Å². The fourth-order valence-corrected chi connectivity index (χ4v) is 4.45. The normalized spacial score (nSPS) is 15.8. The lowest BCUT2D eigenvalue weighted by atomic mass is 10.0. The third kappa shape index (κ3) is 7.00. The number of carbonyl (C=O) groups excluding carboxylic acids is 3. The number of amides is 2. The Labute approximate surface area is 218 Å². The molecule has 0 spiro atoms. The molecule has 0 saturated carbocycles. The maximum atomic E-state index is 13.2. The number of anilines is 1. The van der Waals surface area contributed by atoms with Gasteiger partial charge in [-0.25, -0.2) is 9.37 Å². The Bertz CT molecular complexity index is 1280. The number of β-amino-alcohol motifs (C(OH)–C–C–N with tert-alkyl or cyclic N) is 1. The number of piperidine rings is 1. The van der Waals surface area contributed by atoms with Gasteiger partial charge >= 0.3 is 0 Å². The smallest absolute Gasteiger partial charge is 0.276 e. The summed E-state index contributed by atoms with van der Waals surface area (Å²) in [6.07, 6.45) is 2.70. The molecule has 0 unspecified atom stereocenters. The van der Waals surface area contributed by atoms with Crippen molar-refractivity contribution in [3.63, 3.8) is 0 Å². The largest absolute Gasteiger partial charge is 0.392 e. The van der Waals surface area contributed by atoms with Crippen molar-refractivity contribution in [2.24, 2.45) is 0 Å². The minimum Gasteiger partial charge on any atom is -0.392 e. The average Bonchev–Trinajstić information content (AvgIpc) is 3.36. The Kier molecular flexibility index (Phi) is 8.65. The Morgan fingerprint density at radius 1 is 1.16 bits per heavy atom. The second kappa shape index (κ2) is 12.1. The van der Waals surface area contributed by atoms with Gasteiger partial charge < -0.3 is 20.7 Å². The number of rotatable bonds is 9. The molecule has 1 aromatic heterocycles. The van der Waals surface area contributed by atoms with Gasteiger partial charge in [-0.2, -0.15) is 0 Å². The van der Waals surface area contributed by atoms with Crippen molar-refractivity contribution in [2.45, 2.75) is 25.4 Å². The first-order valence-corrected chi connectivity index (χ1v) is 12.3. The highest BCUT2D eigenvalue weighted by molar-refractivity contribution is 6.34. The molecule has 3 aromatic rings. The summed E-state index contributed by atoms with van der Waals surface area (Å²) in [5, 5.41) is 15.3. The van der Waals surface area contributed by atoms with E-state index in [0.717, 1.165) is 25.5 Å². The first-order valence-electron chi connectivity index (χ1n) is 11.9. The van der Waals surface area contributed by atoms with Crippen molar-refractivity contribution in [2.75, 3.05) is 31.5 Å². The van der Waals surface area contributed by atoms with Gasteiger partial charge in [0.15, 0.2) is 11.5 Å². The van der Waals surface area contributed by atoms with Gasteiger partial charge in [-0.1, -0.05) is 23.7 Å². The number of hydrogen-bond acceptors (Lipinski definition) is 6. The molecule has 2 amide bonds. The number of carbonyl (C=O) groups is 3. The Balaban J connectivity index is 1.31. The van der Waals surface area contributed by atoms with Crippen LogP contribution in [0.2, 0.25) is 5.02 Å². The minimum absolute atomic E-state index is 0.0453. The van der Waals surface area contributed by atoms with E-state index in [-0.39, 0.29) is 40.3 Å². The molecule has 37 heavy (non-hydrogen) atoms. The minimum atomic E-state index is -0.563. The molecular formula is C26H27ClFN5O4. The summed E-state index contributed by atoms with van der Waals surface area (Å²) >= 11 is 5.97. The van der Waals surface area contributed by atoms with E-state index in [1.807, 2.05) is 0 Å². The lowest BCUT2D eigenvalue weighted by Gasteiger charge is -2.29. The molecule has 1 fully saturated rings. The van der Waals surface area contributed by atoms with Gasteiger partial charge in [0.1, 0.15) is 11.5 Å². The fraction of sp³-hybridized carbons (Fsp3) is 0.308. The summed E-state index contributed by atoms with van der Waals surface area (Å²) in [7, 11) is 0. The van der Waals surface area contributed by atoms with Gasteiger partial charge in [0, 0.05) is 37.3 Å². The molecule has 0 radical (unpaired) electrons. The summed E-state index contributed by atoms with van der Waals surface area (Å²) in [6.45, 7) is 2.42. The molecule has 2 aromatic carbocycles. The monoisotopic (exact) mass is 527 g/mol. The van der Waals surface area contributed by atoms with E-state index >= 15 is 0 Å². The highest BCUT2D eigenvalue weighted by Crippen LogP contribution is 2.20. The van der Waals surface area contributed by atoms with Crippen molar-refractivity contribution >= 4 is 34.9 Å². The van der Waals surface area contributed by atoms with Gasteiger partial charge in [0.2, 0.25) is 0 Å². The summed E-state index contributed by atoms with van der Waals surface area (Å²) < 4.78 is 13.2. The molecule has 9 nitrogen and oxygen atoms in total. The first kappa shape index (κ1) is 26.5. The summed E-state index contributed by atoms with van der Waals surface area (Å²) in [5.41, 5.74) is 1.38. The number of aromatic nitrogens is 2.